The summed E-state index contributed by atoms with van der Waals surface area (Å²) in [6.07, 6.45) is 11.1. The van der Waals surface area contributed by atoms with Crippen LogP contribution in [0.4, 0.5) is 0 Å². The molecule has 0 saturated heterocycles. The Labute approximate surface area is 222 Å². The van der Waals surface area contributed by atoms with E-state index in [0.29, 0.717) is 0 Å². The third kappa shape index (κ3) is 7.83. The molecule has 3 aromatic rings. The van der Waals surface area contributed by atoms with Gasteiger partial charge in [0, 0.05) is 57.0 Å². The van der Waals surface area contributed by atoms with Crippen molar-refractivity contribution in [2.75, 3.05) is 6.54 Å². The summed E-state index contributed by atoms with van der Waals surface area (Å²) in [6, 6.07) is 18.7. The number of nitrogens with zero attached hydrogens (tertiary/aromatic N) is 4. The number of fused-ring (bicyclic) bond motifs is 4. The zero-order chi connectivity index (χ0) is 17.8. The molecule has 5 heteroatoms. The fourth-order valence-electron chi connectivity index (χ4n) is 3.33. The molecule has 0 N–H and O–H groups in total. The average molecular weight is 510 g/mol. The Morgan fingerprint density at radius 3 is 1.59 bits per heavy atom. The Bertz CT molecular complexity index is 937. The van der Waals surface area contributed by atoms with Crippen LogP contribution in [0.15, 0.2) is 79.4 Å². The summed E-state index contributed by atoms with van der Waals surface area (Å²) in [6.45, 7) is 9.39. The van der Waals surface area contributed by atoms with E-state index in [2.05, 4.69) is 74.9 Å². The topological polar surface area (TPSA) is 14.6 Å². The summed E-state index contributed by atoms with van der Waals surface area (Å²) in [4.78, 5) is 0. The molecule has 0 atom stereocenters. The first-order valence-corrected chi connectivity index (χ1v) is 8.89. The van der Waals surface area contributed by atoms with E-state index in [0.717, 1.165) is 31.9 Å². The molecule has 0 spiro atoms. The van der Waals surface area contributed by atoms with Crippen LogP contribution in [0.25, 0.3) is 11.4 Å². The molecule has 171 valence electrons. The van der Waals surface area contributed by atoms with Crippen LogP contribution in [0.3, 0.4) is 0 Å². The summed E-state index contributed by atoms with van der Waals surface area (Å²) in [7, 11) is 0. The van der Waals surface area contributed by atoms with Gasteiger partial charge in [-0.1, -0.05) is 28.3 Å². The molecule has 0 amide bonds. The van der Waals surface area contributed by atoms with E-state index in [9.17, 15) is 0 Å². The van der Waals surface area contributed by atoms with Crippen molar-refractivity contribution in [2.45, 2.75) is 41.9 Å². The van der Waals surface area contributed by atoms with Crippen molar-refractivity contribution in [1.82, 2.24) is 0 Å². The van der Waals surface area contributed by atoms with Gasteiger partial charge in [-0.25, -0.2) is 4.57 Å². The van der Waals surface area contributed by atoms with Crippen LogP contribution in [0.5, 0.6) is 0 Å². The molecule has 2 aliphatic heterocycles. The van der Waals surface area contributed by atoms with E-state index in [4.69, 9.17) is 6.58 Å². The third-order valence-electron chi connectivity index (χ3n) is 4.69. The minimum Gasteiger partial charge on any atom is -0.518 e. The van der Waals surface area contributed by atoms with Crippen LogP contribution < -0.4 is 13.7 Å². The Morgan fingerprint density at radius 2 is 1.09 bits per heavy atom. The van der Waals surface area contributed by atoms with Gasteiger partial charge in [-0.2, -0.15) is 9.13 Å². The number of aryl methyl sites for hydroxylation is 2. The van der Waals surface area contributed by atoms with Crippen LogP contribution in [-0.4, -0.2) is 17.3 Å². The Morgan fingerprint density at radius 1 is 0.656 bits per heavy atom. The molecular formula is C27H40N4Y. The van der Waals surface area contributed by atoms with E-state index in [-0.39, 0.29) is 69.8 Å². The normalized spacial score (nSPS) is 11.3. The van der Waals surface area contributed by atoms with Crippen LogP contribution in [-0.2, 0) is 52.3 Å². The summed E-state index contributed by atoms with van der Waals surface area (Å²) < 4.78 is 8.62. The predicted molar refractivity (Wildman–Crippen MR) is 130 cm³/mol. The van der Waals surface area contributed by atoms with Gasteiger partial charge in [-0.05, 0) is 18.2 Å². The second-order valence-electron chi connectivity index (χ2n) is 6.29. The van der Waals surface area contributed by atoms with Gasteiger partial charge in [0.15, 0.2) is 37.0 Å². The van der Waals surface area contributed by atoms with Gasteiger partial charge < -0.3 is 26.0 Å². The van der Waals surface area contributed by atoms with E-state index in [1.54, 1.807) is 6.20 Å². The second-order valence-corrected chi connectivity index (χ2v) is 6.29. The maximum atomic E-state index is 5.39. The second kappa shape index (κ2) is 16.6. The maximum absolute atomic E-state index is 5.39. The van der Waals surface area contributed by atoms with Crippen molar-refractivity contribution < 1.29 is 51.0 Å². The largest absolute Gasteiger partial charge is 0.518 e. The van der Waals surface area contributed by atoms with Crippen LogP contribution in [0.2, 0.25) is 0 Å². The van der Waals surface area contributed by atoms with Crippen molar-refractivity contribution in [1.29, 1.82) is 0 Å². The summed E-state index contributed by atoms with van der Waals surface area (Å²) >= 11 is 0. The first-order valence-electron chi connectivity index (χ1n) is 8.89. The summed E-state index contributed by atoms with van der Waals surface area (Å²) in [5.74, 6) is 0. The molecule has 5 rings (SSSR count). The smallest absolute Gasteiger partial charge is 0.277 e. The van der Waals surface area contributed by atoms with E-state index < -0.39 is 0 Å². The zero-order valence-electron chi connectivity index (χ0n) is 17.3. The van der Waals surface area contributed by atoms with E-state index in [1.165, 1.54) is 11.4 Å². The minimum atomic E-state index is 0. The molecule has 4 nitrogen and oxygen atoms in total. The molecule has 0 fully saturated rings. The molecule has 0 unspecified atom stereocenters. The number of hydrogen-bond donors (Lipinski definition) is 0. The predicted octanol–water partition coefficient (Wildman–Crippen LogP) is 3.99. The molecule has 1 radical (unpaired) electrons. The van der Waals surface area contributed by atoms with Gasteiger partial charge in [0.2, 0.25) is 19.6 Å². The number of hydrogen-bond acceptors (Lipinski definition) is 0. The van der Waals surface area contributed by atoms with Crippen molar-refractivity contribution in [3.8, 4) is 11.4 Å². The standard InChI is InChI=1S/C12H12N2.C10H10N2.3CH4.2CH3.Y/c1-3-7-13-9-10-14-8-4-2-6-12(14)11(13)5-1;1-2-11-7-8-12-6-4-3-5-10(12)9-11;;;;;;/h1-8H,9-10H2;1-6H,7-8H2;3*1H4;2*1H3;/q+2;;;;;2*-1;. The molecule has 5 heterocycles. The monoisotopic (exact) mass is 509 g/mol. The van der Waals surface area contributed by atoms with E-state index >= 15 is 0 Å². The molecule has 0 aromatic carbocycles. The zero-order valence-corrected chi connectivity index (χ0v) is 20.1. The summed E-state index contributed by atoms with van der Waals surface area (Å²) in [5.41, 5.74) is 3.68. The van der Waals surface area contributed by atoms with Gasteiger partial charge >= 0.3 is 0 Å². The number of rotatable bonds is 1. The molecule has 0 aliphatic carbocycles. The molecule has 0 bridgehead atoms. The Balaban J connectivity index is -0.000000446. The van der Waals surface area contributed by atoms with Gasteiger partial charge in [0.25, 0.3) is 11.4 Å². The van der Waals surface area contributed by atoms with E-state index in [1.807, 2.05) is 22.8 Å². The van der Waals surface area contributed by atoms with Gasteiger partial charge in [-0.15, -0.1) is 12.3 Å². The van der Waals surface area contributed by atoms with Crippen molar-refractivity contribution in [2.24, 2.45) is 0 Å². The SMILES string of the molecule is C.C.C.[CH-]=C[N+]1=[C-]c2cccc[n+]2CC1.[CH3-].[CH3-].[Y].c1cc[n+]2c(c1)-c1cccc[n+]1CC2. The number of aromatic nitrogens is 3. The van der Waals surface area contributed by atoms with Crippen LogP contribution in [0.1, 0.15) is 28.0 Å². The maximum Gasteiger partial charge on any atom is 0.277 e. The van der Waals surface area contributed by atoms with Gasteiger partial charge in [0.1, 0.15) is 0 Å². The van der Waals surface area contributed by atoms with Crippen molar-refractivity contribution in [3.63, 3.8) is 0 Å². The molecule has 0 saturated carbocycles. The van der Waals surface area contributed by atoms with Crippen molar-refractivity contribution >= 4 is 6.21 Å². The fourth-order valence-corrected chi connectivity index (χ4v) is 3.33. The Kier molecular flexibility index (Phi) is 17.9. The van der Waals surface area contributed by atoms with Crippen LogP contribution >= 0.6 is 0 Å². The quantitative estimate of drug-likeness (QED) is 0.348. The van der Waals surface area contributed by atoms with Crippen LogP contribution in [0, 0.1) is 21.4 Å². The summed E-state index contributed by atoms with van der Waals surface area (Å²) in [5, 5.41) is 0. The Hall–Kier alpha value is -2.04. The molecular weight excluding hydrogens is 469 g/mol. The average Bonchev–Trinajstić information content (AvgIpc) is 2.74. The molecule has 3 aromatic heterocycles. The number of pyridine rings is 3. The third-order valence-corrected chi connectivity index (χ3v) is 4.69. The molecule has 2 aliphatic rings. The first-order chi connectivity index (χ1) is 12.8. The van der Waals surface area contributed by atoms with Gasteiger partial charge in [0.05, 0.1) is 0 Å². The van der Waals surface area contributed by atoms with Crippen molar-refractivity contribution in [3.05, 3.63) is 107 Å². The fraction of sp³-hybridized carbons (Fsp3) is 0.259. The molecule has 32 heavy (non-hydrogen) atoms. The van der Waals surface area contributed by atoms with Gasteiger partial charge in [-0.3, -0.25) is 0 Å². The first kappa shape index (κ1) is 34.6. The minimum absolute atomic E-state index is 0.